The topological polar surface area (TPSA) is 173 Å². The van der Waals surface area contributed by atoms with Gasteiger partial charge in [-0.2, -0.15) is 13.2 Å². The molecular formula is C10H16F3N3O6. The number of carbonyl (C=O) groups excluding carboxylic acids is 2. The summed E-state index contributed by atoms with van der Waals surface area (Å²) in [6, 6.07) is -1.92. The summed E-state index contributed by atoms with van der Waals surface area (Å²) in [6.07, 6.45) is -5.22. The monoisotopic (exact) mass is 331 g/mol. The van der Waals surface area contributed by atoms with Gasteiger partial charge in [-0.1, -0.05) is 0 Å². The smallest absolute Gasteiger partial charge is 0.480 e. The zero-order chi connectivity index (χ0) is 18.1. The van der Waals surface area contributed by atoms with Crippen molar-refractivity contribution >= 4 is 23.8 Å². The number of primary amides is 1. The van der Waals surface area contributed by atoms with Crippen molar-refractivity contribution in [3.63, 3.8) is 0 Å². The van der Waals surface area contributed by atoms with Crippen LogP contribution in [0.1, 0.15) is 19.8 Å². The van der Waals surface area contributed by atoms with Gasteiger partial charge in [-0.3, -0.25) is 9.59 Å². The molecule has 0 aromatic rings. The van der Waals surface area contributed by atoms with E-state index in [0.29, 0.717) is 0 Å². The molecule has 0 aromatic heterocycles. The quantitative estimate of drug-likeness (QED) is 0.406. The van der Waals surface area contributed by atoms with Crippen molar-refractivity contribution < 1.29 is 42.6 Å². The Balaban J connectivity index is 0. The molecule has 0 aliphatic heterocycles. The average Bonchev–Trinajstić information content (AvgIpc) is 2.32. The lowest BCUT2D eigenvalue weighted by atomic mass is 10.1. The second-order valence-electron chi connectivity index (χ2n) is 4.00. The van der Waals surface area contributed by atoms with Crippen LogP contribution in [-0.2, 0) is 19.2 Å². The SMILES string of the molecule is C[C@@H](N)C(=O)N[C@@H](CCC(N)=O)C(=O)O.O=C(O)C(F)(F)F. The van der Waals surface area contributed by atoms with Gasteiger partial charge in [0.15, 0.2) is 0 Å². The largest absolute Gasteiger partial charge is 0.490 e. The van der Waals surface area contributed by atoms with E-state index in [2.05, 4.69) is 5.32 Å². The van der Waals surface area contributed by atoms with Gasteiger partial charge in [-0.05, 0) is 13.3 Å². The lowest BCUT2D eigenvalue weighted by Crippen LogP contribution is -2.47. The fourth-order valence-corrected chi connectivity index (χ4v) is 0.847. The maximum absolute atomic E-state index is 11.1. The Morgan fingerprint density at radius 3 is 1.82 bits per heavy atom. The molecule has 0 saturated heterocycles. The number of nitrogens with one attached hydrogen (secondary N) is 1. The van der Waals surface area contributed by atoms with E-state index in [4.69, 9.17) is 26.5 Å². The van der Waals surface area contributed by atoms with Crippen LogP contribution in [0.3, 0.4) is 0 Å². The van der Waals surface area contributed by atoms with Crippen molar-refractivity contribution in [1.82, 2.24) is 5.32 Å². The summed E-state index contributed by atoms with van der Waals surface area (Å²) in [5, 5.41) is 18.0. The van der Waals surface area contributed by atoms with Gasteiger partial charge >= 0.3 is 18.1 Å². The van der Waals surface area contributed by atoms with Crippen molar-refractivity contribution in [3.8, 4) is 0 Å². The number of amides is 2. The van der Waals surface area contributed by atoms with Gasteiger partial charge in [0, 0.05) is 6.42 Å². The van der Waals surface area contributed by atoms with Crippen LogP contribution >= 0.6 is 0 Å². The zero-order valence-corrected chi connectivity index (χ0v) is 11.4. The molecule has 0 aliphatic carbocycles. The summed E-state index contributed by atoms with van der Waals surface area (Å²) in [5.41, 5.74) is 10.1. The highest BCUT2D eigenvalue weighted by Crippen LogP contribution is 2.13. The van der Waals surface area contributed by atoms with Gasteiger partial charge in [-0.25, -0.2) is 9.59 Å². The van der Waals surface area contributed by atoms with E-state index in [-0.39, 0.29) is 12.8 Å². The van der Waals surface area contributed by atoms with Crippen molar-refractivity contribution in [2.75, 3.05) is 0 Å². The molecule has 2 atom stereocenters. The normalized spacial score (nSPS) is 13.1. The molecule has 12 heteroatoms. The number of aliphatic carboxylic acids is 2. The summed E-state index contributed by atoms with van der Waals surface area (Å²) in [5.74, 6) is -5.17. The van der Waals surface area contributed by atoms with Crippen molar-refractivity contribution in [2.45, 2.75) is 38.0 Å². The molecule has 2 amide bonds. The molecule has 0 aliphatic rings. The van der Waals surface area contributed by atoms with Crippen molar-refractivity contribution in [2.24, 2.45) is 11.5 Å². The standard InChI is InChI=1S/C8H15N3O4.C2HF3O2/c1-4(9)7(13)11-5(8(14)15)2-3-6(10)12;3-2(4,5)1(6)7/h4-5H,2-3,9H2,1H3,(H2,10,12)(H,11,13)(H,14,15);(H,6,7)/t4-,5+;/m1./s1. The number of carbonyl (C=O) groups is 4. The second-order valence-corrected chi connectivity index (χ2v) is 4.00. The molecule has 0 fully saturated rings. The molecular weight excluding hydrogens is 315 g/mol. The molecule has 0 heterocycles. The lowest BCUT2D eigenvalue weighted by Gasteiger charge is -2.14. The van der Waals surface area contributed by atoms with Gasteiger partial charge in [0.05, 0.1) is 6.04 Å². The molecule has 0 radical (unpaired) electrons. The summed E-state index contributed by atoms with van der Waals surface area (Å²) >= 11 is 0. The molecule has 128 valence electrons. The Bertz CT molecular complexity index is 425. The number of hydrogen-bond donors (Lipinski definition) is 5. The molecule has 7 N–H and O–H groups in total. The first-order valence-electron chi connectivity index (χ1n) is 5.66. The summed E-state index contributed by atoms with van der Waals surface area (Å²) in [7, 11) is 0. The minimum absolute atomic E-state index is 0.0386. The molecule has 22 heavy (non-hydrogen) atoms. The summed E-state index contributed by atoms with van der Waals surface area (Å²) < 4.78 is 31.7. The number of carboxylic acid groups (broad SMARTS) is 2. The molecule has 0 spiro atoms. The van der Waals surface area contributed by atoms with Gasteiger partial charge in [-0.15, -0.1) is 0 Å². The van der Waals surface area contributed by atoms with Crippen LogP contribution in [0, 0.1) is 0 Å². The Labute approximate surface area is 122 Å². The Hall–Kier alpha value is -2.37. The highest BCUT2D eigenvalue weighted by molar-refractivity contribution is 5.86. The number of halogens is 3. The fourth-order valence-electron chi connectivity index (χ4n) is 0.847. The Kier molecular flexibility index (Phi) is 9.51. The van der Waals surface area contributed by atoms with E-state index in [0.717, 1.165) is 0 Å². The second kappa shape index (κ2) is 9.55. The lowest BCUT2D eigenvalue weighted by molar-refractivity contribution is -0.192. The Morgan fingerprint density at radius 1 is 1.18 bits per heavy atom. The van der Waals surface area contributed by atoms with Crippen LogP contribution in [0.25, 0.3) is 0 Å². The highest BCUT2D eigenvalue weighted by Gasteiger charge is 2.38. The summed E-state index contributed by atoms with van der Waals surface area (Å²) in [4.78, 5) is 41.1. The van der Waals surface area contributed by atoms with E-state index in [1.807, 2.05) is 0 Å². The van der Waals surface area contributed by atoms with E-state index < -0.39 is 42.0 Å². The van der Waals surface area contributed by atoms with E-state index in [9.17, 15) is 27.6 Å². The third-order valence-electron chi connectivity index (χ3n) is 1.95. The molecule has 0 saturated carbocycles. The van der Waals surface area contributed by atoms with Crippen LogP contribution in [0.4, 0.5) is 13.2 Å². The molecule has 0 bridgehead atoms. The van der Waals surface area contributed by atoms with Crippen LogP contribution < -0.4 is 16.8 Å². The van der Waals surface area contributed by atoms with Crippen LogP contribution in [0.15, 0.2) is 0 Å². The first-order valence-corrected chi connectivity index (χ1v) is 5.66. The predicted octanol–water partition coefficient (Wildman–Crippen LogP) is -1.20. The number of hydrogen-bond acceptors (Lipinski definition) is 5. The number of rotatable bonds is 6. The maximum atomic E-state index is 11.1. The fraction of sp³-hybridized carbons (Fsp3) is 0.600. The first-order chi connectivity index (χ1) is 9.78. The van der Waals surface area contributed by atoms with Crippen molar-refractivity contribution in [3.05, 3.63) is 0 Å². The minimum Gasteiger partial charge on any atom is -0.480 e. The van der Waals surface area contributed by atoms with Gasteiger partial charge < -0.3 is 27.0 Å². The van der Waals surface area contributed by atoms with Crippen LogP contribution in [0.2, 0.25) is 0 Å². The molecule has 9 nitrogen and oxygen atoms in total. The van der Waals surface area contributed by atoms with E-state index in [1.165, 1.54) is 6.92 Å². The molecule has 0 aromatic carbocycles. The third-order valence-corrected chi connectivity index (χ3v) is 1.95. The van der Waals surface area contributed by atoms with Crippen LogP contribution in [0.5, 0.6) is 0 Å². The third kappa shape index (κ3) is 11.5. The van der Waals surface area contributed by atoms with Gasteiger partial charge in [0.1, 0.15) is 6.04 Å². The maximum Gasteiger partial charge on any atom is 0.490 e. The van der Waals surface area contributed by atoms with Gasteiger partial charge in [0.2, 0.25) is 11.8 Å². The average molecular weight is 331 g/mol. The molecule has 0 unspecified atom stereocenters. The predicted molar refractivity (Wildman–Crippen MR) is 65.3 cm³/mol. The van der Waals surface area contributed by atoms with E-state index >= 15 is 0 Å². The van der Waals surface area contributed by atoms with Crippen molar-refractivity contribution in [1.29, 1.82) is 0 Å². The Morgan fingerprint density at radius 2 is 1.59 bits per heavy atom. The zero-order valence-electron chi connectivity index (χ0n) is 11.4. The number of carboxylic acids is 2. The highest BCUT2D eigenvalue weighted by atomic mass is 19.4. The van der Waals surface area contributed by atoms with Crippen LogP contribution in [-0.4, -0.2) is 52.2 Å². The minimum atomic E-state index is -5.08. The summed E-state index contributed by atoms with van der Waals surface area (Å²) in [6.45, 7) is 1.43. The molecule has 0 rings (SSSR count). The number of nitrogens with two attached hydrogens (primary N) is 2. The first kappa shape index (κ1) is 21.9. The number of alkyl halides is 3. The van der Waals surface area contributed by atoms with E-state index in [1.54, 1.807) is 0 Å². The van der Waals surface area contributed by atoms with Gasteiger partial charge in [0.25, 0.3) is 0 Å².